The van der Waals surface area contributed by atoms with Crippen molar-refractivity contribution in [3.63, 3.8) is 0 Å². The van der Waals surface area contributed by atoms with Gasteiger partial charge in [0.25, 0.3) is 0 Å². The van der Waals surface area contributed by atoms with Crippen LogP contribution in [0.5, 0.6) is 0 Å². The summed E-state index contributed by atoms with van der Waals surface area (Å²) < 4.78 is 2.01. The Balaban J connectivity index is 1.30. The van der Waals surface area contributed by atoms with Crippen LogP contribution >= 0.6 is 0 Å². The number of amides is 1. The molecule has 0 spiro atoms. The van der Waals surface area contributed by atoms with Gasteiger partial charge < -0.3 is 10.2 Å². The molecule has 0 aliphatic carbocycles. The number of hydrogen-bond acceptors (Lipinski definition) is 4. The number of aromatic nitrogens is 2. The fourth-order valence-corrected chi connectivity index (χ4v) is 4.59. The normalized spacial score (nSPS) is 14.6. The quantitative estimate of drug-likeness (QED) is 0.550. The van der Waals surface area contributed by atoms with Gasteiger partial charge in [0, 0.05) is 37.6 Å². The fraction of sp³-hybridized carbons (Fsp3) is 0.429. The molecule has 34 heavy (non-hydrogen) atoms. The Morgan fingerprint density at radius 2 is 1.74 bits per heavy atom. The van der Waals surface area contributed by atoms with E-state index in [0.29, 0.717) is 19.0 Å². The molecule has 1 aliphatic rings. The molecular formula is C28H37N5O. The van der Waals surface area contributed by atoms with Crippen LogP contribution in [-0.2, 0) is 17.8 Å². The van der Waals surface area contributed by atoms with Crippen molar-refractivity contribution < 1.29 is 4.79 Å². The number of nitrogens with one attached hydrogen (secondary N) is 1. The first-order valence-corrected chi connectivity index (χ1v) is 12.3. The van der Waals surface area contributed by atoms with E-state index in [1.54, 1.807) is 0 Å². The van der Waals surface area contributed by atoms with E-state index in [9.17, 15) is 4.79 Å². The summed E-state index contributed by atoms with van der Waals surface area (Å²) in [5.74, 6) is 0.587. The standard InChI is InChI=1S/C28H37N5O/c1-21(2)17-26-18-24(30-33(26)25-10-6-5-7-11-25)19-29-28(34)20-31-13-15-32(16-14-31)27-12-8-9-22(3)23(27)4/h5-12,18,21H,13-17,19-20H2,1-4H3,(H,29,34). The highest BCUT2D eigenvalue weighted by Gasteiger charge is 2.21. The Bertz CT molecular complexity index is 1100. The van der Waals surface area contributed by atoms with E-state index in [1.165, 1.54) is 22.5 Å². The van der Waals surface area contributed by atoms with Gasteiger partial charge in [-0.05, 0) is 61.6 Å². The van der Waals surface area contributed by atoms with Gasteiger partial charge in [-0.1, -0.05) is 44.2 Å². The van der Waals surface area contributed by atoms with Crippen LogP contribution in [0.25, 0.3) is 5.69 Å². The van der Waals surface area contributed by atoms with Gasteiger partial charge in [0.1, 0.15) is 0 Å². The average molecular weight is 460 g/mol. The monoisotopic (exact) mass is 459 g/mol. The minimum atomic E-state index is 0.0554. The number of benzene rings is 2. The van der Waals surface area contributed by atoms with Crippen molar-refractivity contribution in [1.82, 2.24) is 20.0 Å². The number of piperazine rings is 1. The third-order valence-electron chi connectivity index (χ3n) is 6.57. The highest BCUT2D eigenvalue weighted by atomic mass is 16.2. The molecule has 0 radical (unpaired) electrons. The third kappa shape index (κ3) is 5.86. The lowest BCUT2D eigenvalue weighted by molar-refractivity contribution is -0.122. The van der Waals surface area contributed by atoms with Crippen molar-refractivity contribution in [3.05, 3.63) is 77.1 Å². The summed E-state index contributed by atoms with van der Waals surface area (Å²) in [5, 5.41) is 7.87. The molecule has 4 rings (SSSR count). The minimum absolute atomic E-state index is 0.0554. The van der Waals surface area contributed by atoms with Crippen molar-refractivity contribution in [3.8, 4) is 5.69 Å². The molecule has 1 aromatic heterocycles. The number of nitrogens with zero attached hydrogens (tertiary/aromatic N) is 4. The van der Waals surface area contributed by atoms with Crippen LogP contribution in [0, 0.1) is 19.8 Å². The first kappa shape index (κ1) is 24.0. The smallest absolute Gasteiger partial charge is 0.234 e. The zero-order chi connectivity index (χ0) is 24.1. The summed E-state index contributed by atoms with van der Waals surface area (Å²) in [6.07, 6.45) is 0.945. The maximum absolute atomic E-state index is 12.7. The number of aryl methyl sites for hydroxylation is 1. The number of para-hydroxylation sites is 1. The van der Waals surface area contributed by atoms with Crippen LogP contribution in [0.2, 0.25) is 0 Å². The van der Waals surface area contributed by atoms with Gasteiger partial charge in [-0.25, -0.2) is 4.68 Å². The van der Waals surface area contributed by atoms with Gasteiger partial charge in [0.05, 0.1) is 24.5 Å². The number of carbonyl (C=O) groups is 1. The molecule has 1 N–H and O–H groups in total. The second-order valence-electron chi connectivity index (χ2n) is 9.73. The highest BCUT2D eigenvalue weighted by molar-refractivity contribution is 5.78. The molecule has 0 saturated carbocycles. The van der Waals surface area contributed by atoms with E-state index >= 15 is 0 Å². The number of anilines is 1. The molecule has 6 nitrogen and oxygen atoms in total. The number of carbonyl (C=O) groups excluding carboxylic acids is 1. The predicted octanol–water partition coefficient (Wildman–Crippen LogP) is 4.13. The Morgan fingerprint density at radius 3 is 2.44 bits per heavy atom. The van der Waals surface area contributed by atoms with Crippen molar-refractivity contribution in [2.75, 3.05) is 37.6 Å². The molecule has 0 bridgehead atoms. The topological polar surface area (TPSA) is 53.4 Å². The first-order valence-electron chi connectivity index (χ1n) is 12.3. The SMILES string of the molecule is Cc1cccc(N2CCN(CC(=O)NCc3cc(CC(C)C)n(-c4ccccc4)n3)CC2)c1C. The zero-order valence-corrected chi connectivity index (χ0v) is 20.9. The molecule has 3 aromatic rings. The summed E-state index contributed by atoms with van der Waals surface area (Å²) >= 11 is 0. The molecule has 6 heteroatoms. The van der Waals surface area contributed by atoms with E-state index in [-0.39, 0.29) is 5.91 Å². The highest BCUT2D eigenvalue weighted by Crippen LogP contribution is 2.23. The molecule has 1 aliphatic heterocycles. The number of rotatable bonds is 8. The molecule has 2 heterocycles. The molecule has 1 amide bonds. The maximum atomic E-state index is 12.7. The molecule has 2 aromatic carbocycles. The van der Waals surface area contributed by atoms with Crippen molar-refractivity contribution in [2.24, 2.45) is 5.92 Å². The van der Waals surface area contributed by atoms with Gasteiger partial charge in [0.2, 0.25) is 5.91 Å². The molecule has 1 saturated heterocycles. The largest absolute Gasteiger partial charge is 0.369 e. The lowest BCUT2D eigenvalue weighted by Crippen LogP contribution is -2.49. The average Bonchev–Trinajstić information content (AvgIpc) is 3.23. The molecule has 1 fully saturated rings. The van der Waals surface area contributed by atoms with Crippen LogP contribution in [0.4, 0.5) is 5.69 Å². The van der Waals surface area contributed by atoms with Crippen LogP contribution in [0.15, 0.2) is 54.6 Å². The lowest BCUT2D eigenvalue weighted by Gasteiger charge is -2.36. The summed E-state index contributed by atoms with van der Waals surface area (Å²) in [6, 6.07) is 18.8. The van der Waals surface area contributed by atoms with Crippen LogP contribution < -0.4 is 10.2 Å². The van der Waals surface area contributed by atoms with Gasteiger partial charge >= 0.3 is 0 Å². The van der Waals surface area contributed by atoms with Crippen LogP contribution in [0.3, 0.4) is 0 Å². The maximum Gasteiger partial charge on any atom is 0.234 e. The summed E-state index contributed by atoms with van der Waals surface area (Å²) in [7, 11) is 0. The van der Waals surface area contributed by atoms with Crippen LogP contribution in [0.1, 0.15) is 36.4 Å². The fourth-order valence-electron chi connectivity index (χ4n) is 4.59. The Kier molecular flexibility index (Phi) is 7.68. The lowest BCUT2D eigenvalue weighted by atomic mass is 10.1. The molecular weight excluding hydrogens is 422 g/mol. The van der Waals surface area contributed by atoms with Crippen LogP contribution in [-0.4, -0.2) is 53.3 Å². The Labute approximate surface area is 203 Å². The van der Waals surface area contributed by atoms with Gasteiger partial charge in [-0.3, -0.25) is 9.69 Å². The van der Waals surface area contributed by atoms with Crippen molar-refractivity contribution in [1.29, 1.82) is 0 Å². The zero-order valence-electron chi connectivity index (χ0n) is 20.9. The summed E-state index contributed by atoms with van der Waals surface area (Å²) in [5.41, 5.74) is 7.11. The predicted molar refractivity (Wildman–Crippen MR) is 139 cm³/mol. The van der Waals surface area contributed by atoms with Gasteiger partial charge in [-0.15, -0.1) is 0 Å². The summed E-state index contributed by atoms with van der Waals surface area (Å²) in [4.78, 5) is 17.3. The third-order valence-corrected chi connectivity index (χ3v) is 6.57. The van der Waals surface area contributed by atoms with E-state index in [1.807, 2.05) is 22.9 Å². The molecule has 0 atom stereocenters. The van der Waals surface area contributed by atoms with Gasteiger partial charge in [-0.2, -0.15) is 5.10 Å². The van der Waals surface area contributed by atoms with Gasteiger partial charge in [0.15, 0.2) is 0 Å². The van der Waals surface area contributed by atoms with E-state index in [2.05, 4.69) is 79.2 Å². The number of hydrogen-bond donors (Lipinski definition) is 1. The molecule has 180 valence electrons. The minimum Gasteiger partial charge on any atom is -0.369 e. The Morgan fingerprint density at radius 1 is 1.00 bits per heavy atom. The second-order valence-corrected chi connectivity index (χ2v) is 9.73. The first-order chi connectivity index (χ1) is 16.4. The van der Waals surface area contributed by atoms with E-state index < -0.39 is 0 Å². The van der Waals surface area contributed by atoms with Crippen molar-refractivity contribution in [2.45, 2.75) is 40.7 Å². The van der Waals surface area contributed by atoms with Crippen molar-refractivity contribution >= 4 is 11.6 Å². The second kappa shape index (κ2) is 10.9. The van der Waals surface area contributed by atoms with E-state index in [0.717, 1.165) is 44.0 Å². The summed E-state index contributed by atoms with van der Waals surface area (Å²) in [6.45, 7) is 13.3. The molecule has 0 unspecified atom stereocenters. The van der Waals surface area contributed by atoms with E-state index in [4.69, 9.17) is 5.10 Å². The Hall–Kier alpha value is -3.12.